The van der Waals surface area contributed by atoms with Gasteiger partial charge in [0.25, 0.3) is 22.9 Å². The van der Waals surface area contributed by atoms with Crippen molar-refractivity contribution in [1.82, 2.24) is 26.1 Å². The molecule has 0 saturated heterocycles. The minimum absolute atomic E-state index is 0.0620. The normalized spacial score (nSPS) is 11.5. The summed E-state index contributed by atoms with van der Waals surface area (Å²) < 4.78 is 0. The van der Waals surface area contributed by atoms with Crippen molar-refractivity contribution in [1.29, 1.82) is 0 Å². The number of nitrogens with one attached hydrogen (secondary N) is 5. The minimum atomic E-state index is -1.02. The van der Waals surface area contributed by atoms with Gasteiger partial charge in [0.2, 0.25) is 5.91 Å². The maximum Gasteiger partial charge on any atom is 0.270 e. The van der Waals surface area contributed by atoms with Gasteiger partial charge in [-0.1, -0.05) is 17.7 Å². The molecule has 0 aliphatic carbocycles. The summed E-state index contributed by atoms with van der Waals surface area (Å²) in [5.74, 6) is -1.51. The first-order valence-electron chi connectivity index (χ1n) is 9.42. The van der Waals surface area contributed by atoms with Crippen LogP contribution in [0.2, 0.25) is 0 Å². The second-order valence-corrected chi connectivity index (χ2v) is 6.89. The Labute approximate surface area is 176 Å². The number of likely N-dealkylation sites (N-methyl/N-ethyl adjacent to an activating group) is 1. The molecule has 5 N–H and O–H groups in total. The Hall–Kier alpha value is -4.21. The molecular formula is C21H21N5O5. The van der Waals surface area contributed by atoms with Gasteiger partial charge >= 0.3 is 0 Å². The summed E-state index contributed by atoms with van der Waals surface area (Å²) in [5, 5.41) is 12.2. The van der Waals surface area contributed by atoms with E-state index in [0.29, 0.717) is 5.56 Å². The molecule has 3 rings (SSSR count). The van der Waals surface area contributed by atoms with Gasteiger partial charge < -0.3 is 16.0 Å². The first kappa shape index (κ1) is 21.5. The SMILES string of the molecule is CNC(=O)[C@H](CNC(=O)c1ccc2c(=O)[nH][nH]c(=O)c2c1)NC(=O)c1cccc(C)c1. The quantitative estimate of drug-likeness (QED) is 0.372. The topological polar surface area (TPSA) is 153 Å². The van der Waals surface area contributed by atoms with Crippen molar-refractivity contribution in [3.8, 4) is 0 Å². The number of fused-ring (bicyclic) bond motifs is 1. The fourth-order valence-corrected chi connectivity index (χ4v) is 3.03. The van der Waals surface area contributed by atoms with Gasteiger partial charge in [-0.2, -0.15) is 0 Å². The standard InChI is InChI=1S/C21H21N5O5/c1-11-4-3-5-12(8-11)18(28)24-16(21(31)22-2)10-23-17(27)13-6-7-14-15(9-13)20(30)26-25-19(14)29/h3-9,16H,10H2,1-2H3,(H,22,31)(H,23,27)(H,24,28)(H,25,29)(H,26,30)/t16-/m0/s1. The van der Waals surface area contributed by atoms with E-state index in [1.165, 1.54) is 25.2 Å². The lowest BCUT2D eigenvalue weighted by molar-refractivity contribution is -0.122. The van der Waals surface area contributed by atoms with Crippen LogP contribution in [0.25, 0.3) is 10.8 Å². The summed E-state index contributed by atoms with van der Waals surface area (Å²) in [7, 11) is 1.42. The molecule has 1 heterocycles. The fraction of sp³-hybridized carbons (Fsp3) is 0.190. The van der Waals surface area contributed by atoms with E-state index in [-0.39, 0.29) is 22.9 Å². The van der Waals surface area contributed by atoms with E-state index in [9.17, 15) is 24.0 Å². The number of amides is 3. The molecule has 0 fully saturated rings. The smallest absolute Gasteiger partial charge is 0.270 e. The number of H-pyrrole nitrogens is 2. The Morgan fingerprint density at radius 2 is 1.58 bits per heavy atom. The molecule has 0 aliphatic heterocycles. The molecule has 31 heavy (non-hydrogen) atoms. The summed E-state index contributed by atoms with van der Waals surface area (Å²) in [4.78, 5) is 60.9. The predicted octanol–water partition coefficient (Wildman–Crippen LogP) is -0.201. The number of hydrogen-bond donors (Lipinski definition) is 5. The lowest BCUT2D eigenvalue weighted by Crippen LogP contribution is -2.52. The molecule has 1 atom stereocenters. The van der Waals surface area contributed by atoms with Crippen LogP contribution in [-0.4, -0.2) is 47.6 Å². The van der Waals surface area contributed by atoms with Crippen molar-refractivity contribution < 1.29 is 14.4 Å². The molecule has 0 unspecified atom stereocenters. The van der Waals surface area contributed by atoms with Gasteiger partial charge in [-0.15, -0.1) is 0 Å². The molecule has 3 amide bonds. The highest BCUT2D eigenvalue weighted by Crippen LogP contribution is 2.08. The molecule has 0 aliphatic rings. The molecule has 0 spiro atoms. The Bertz CT molecular complexity index is 1280. The summed E-state index contributed by atoms with van der Waals surface area (Å²) >= 11 is 0. The lowest BCUT2D eigenvalue weighted by atomic mass is 10.1. The highest BCUT2D eigenvalue weighted by molar-refractivity contribution is 6.00. The first-order chi connectivity index (χ1) is 14.8. The second kappa shape index (κ2) is 9.08. The van der Waals surface area contributed by atoms with E-state index in [0.717, 1.165) is 5.56 Å². The zero-order valence-electron chi connectivity index (χ0n) is 16.9. The van der Waals surface area contributed by atoms with Crippen molar-refractivity contribution in [2.24, 2.45) is 0 Å². The predicted molar refractivity (Wildman–Crippen MR) is 114 cm³/mol. The molecular weight excluding hydrogens is 402 g/mol. The van der Waals surface area contributed by atoms with Gasteiger partial charge in [0.05, 0.1) is 10.8 Å². The minimum Gasteiger partial charge on any atom is -0.357 e. The van der Waals surface area contributed by atoms with Crippen LogP contribution in [0.5, 0.6) is 0 Å². The zero-order valence-corrected chi connectivity index (χ0v) is 16.9. The number of aromatic nitrogens is 2. The Morgan fingerprint density at radius 3 is 2.26 bits per heavy atom. The zero-order chi connectivity index (χ0) is 22.5. The Balaban J connectivity index is 1.75. The average molecular weight is 423 g/mol. The van der Waals surface area contributed by atoms with E-state index >= 15 is 0 Å². The molecule has 1 aromatic heterocycles. The lowest BCUT2D eigenvalue weighted by Gasteiger charge is -2.18. The van der Waals surface area contributed by atoms with Crippen molar-refractivity contribution in [2.45, 2.75) is 13.0 Å². The van der Waals surface area contributed by atoms with Crippen LogP contribution in [0.4, 0.5) is 0 Å². The molecule has 160 valence electrons. The van der Waals surface area contributed by atoms with Crippen LogP contribution in [-0.2, 0) is 4.79 Å². The number of rotatable bonds is 6. The number of carbonyl (C=O) groups is 3. The van der Waals surface area contributed by atoms with Gasteiger partial charge in [-0.3, -0.25) is 34.2 Å². The van der Waals surface area contributed by atoms with Gasteiger partial charge in [0, 0.05) is 24.7 Å². The van der Waals surface area contributed by atoms with Crippen LogP contribution >= 0.6 is 0 Å². The van der Waals surface area contributed by atoms with E-state index < -0.39 is 34.9 Å². The first-order valence-corrected chi connectivity index (χ1v) is 9.42. The summed E-state index contributed by atoms with van der Waals surface area (Å²) in [5.41, 5.74) is 0.379. The monoisotopic (exact) mass is 423 g/mol. The molecule has 0 bridgehead atoms. The van der Waals surface area contributed by atoms with E-state index in [1.807, 2.05) is 13.0 Å². The maximum atomic E-state index is 12.5. The molecule has 0 saturated carbocycles. The third-order valence-electron chi connectivity index (χ3n) is 4.68. The summed E-state index contributed by atoms with van der Waals surface area (Å²) in [6, 6.07) is 9.91. The molecule has 10 nitrogen and oxygen atoms in total. The number of aromatic amines is 2. The third kappa shape index (κ3) is 4.86. The van der Waals surface area contributed by atoms with Crippen LogP contribution in [0.1, 0.15) is 26.3 Å². The highest BCUT2D eigenvalue weighted by Gasteiger charge is 2.22. The van der Waals surface area contributed by atoms with Gasteiger partial charge in [0.1, 0.15) is 6.04 Å². The fourth-order valence-electron chi connectivity index (χ4n) is 3.03. The second-order valence-electron chi connectivity index (χ2n) is 6.89. The molecule has 3 aromatic rings. The third-order valence-corrected chi connectivity index (χ3v) is 4.68. The van der Waals surface area contributed by atoms with Crippen LogP contribution in [0, 0.1) is 6.92 Å². The number of benzene rings is 2. The van der Waals surface area contributed by atoms with E-state index in [2.05, 4.69) is 26.1 Å². The van der Waals surface area contributed by atoms with E-state index in [4.69, 9.17) is 0 Å². The Morgan fingerprint density at radius 1 is 0.903 bits per heavy atom. The van der Waals surface area contributed by atoms with Crippen molar-refractivity contribution >= 4 is 28.5 Å². The molecule has 2 aromatic carbocycles. The highest BCUT2D eigenvalue weighted by atomic mass is 16.2. The van der Waals surface area contributed by atoms with Gasteiger partial charge in [0.15, 0.2) is 0 Å². The number of hydrogen-bond acceptors (Lipinski definition) is 5. The van der Waals surface area contributed by atoms with Crippen LogP contribution in [0.15, 0.2) is 52.1 Å². The van der Waals surface area contributed by atoms with Gasteiger partial charge in [-0.05, 0) is 37.3 Å². The molecule has 0 radical (unpaired) electrons. The number of carbonyl (C=O) groups excluding carboxylic acids is 3. The summed E-state index contributed by atoms with van der Waals surface area (Å²) in [6.45, 7) is 1.66. The van der Waals surface area contributed by atoms with Gasteiger partial charge in [-0.25, -0.2) is 0 Å². The van der Waals surface area contributed by atoms with Crippen molar-refractivity contribution in [3.63, 3.8) is 0 Å². The van der Waals surface area contributed by atoms with Crippen molar-refractivity contribution in [3.05, 3.63) is 79.9 Å². The van der Waals surface area contributed by atoms with Crippen molar-refractivity contribution in [2.75, 3.05) is 13.6 Å². The van der Waals surface area contributed by atoms with Crippen LogP contribution in [0.3, 0.4) is 0 Å². The van der Waals surface area contributed by atoms with Crippen LogP contribution < -0.4 is 27.1 Å². The van der Waals surface area contributed by atoms with E-state index in [1.54, 1.807) is 18.2 Å². The number of aryl methyl sites for hydroxylation is 1. The maximum absolute atomic E-state index is 12.5. The Kier molecular flexibility index (Phi) is 6.29. The summed E-state index contributed by atoms with van der Waals surface area (Å²) in [6.07, 6.45) is 0. The molecule has 10 heteroatoms. The average Bonchev–Trinajstić information content (AvgIpc) is 2.78. The largest absolute Gasteiger partial charge is 0.357 e.